The maximum atomic E-state index is 2.99. The standard InChI is InChI=1S/C16H21.C6H14.C5H5.CH3Si.2ClH.Zr/c1-10(2)13-8-14-6-12(5)7-16(14)15(9-13)11(3)4;1-3-5-6-4-2;1-2-4-5-3-1;1-2;;;/h6-11H,1-5H3;3-6H2,1-2H3;1-3H,4H2;1H3;2*1H;/q-1;;-1;;;;+4/p-2. The van der Waals surface area contributed by atoms with Crippen molar-refractivity contribution >= 4 is 21.0 Å². The molecule has 0 amide bonds. The average Bonchev–Trinajstić information content (AvgIpc) is 3.39. The van der Waals surface area contributed by atoms with Gasteiger partial charge in [-0.15, -0.1) is 34.9 Å². The number of hydrogen-bond donors (Lipinski definition) is 0. The molecule has 0 unspecified atom stereocenters. The predicted octanol–water partition coefficient (Wildman–Crippen LogP) is 3.21. The third kappa shape index (κ3) is 15.8. The second kappa shape index (κ2) is 24.1. The van der Waals surface area contributed by atoms with Crippen molar-refractivity contribution in [3.63, 3.8) is 0 Å². The number of benzene rings is 1. The van der Waals surface area contributed by atoms with Gasteiger partial charge in [0, 0.05) is 10.2 Å². The SMILES string of the molecule is CCCCCC.C[Si].Cc1cc2c(C(C)C)cc(C(C)C)cc2[cH-]1.[C-]1=CC=CC1.[Cl-].[Cl-].[Zr+4]. The summed E-state index contributed by atoms with van der Waals surface area (Å²) in [5.41, 5.74) is 4.33. The Bertz CT molecular complexity index is 716. The molecule has 3 radical (unpaired) electrons. The Morgan fingerprint density at radius 3 is 1.84 bits per heavy atom. The molecular weight excluding hydrogens is 527 g/mol. The summed E-state index contributed by atoms with van der Waals surface area (Å²) in [6.45, 7) is 17.5. The molecule has 0 bridgehead atoms. The average molecular weight is 570 g/mol. The molecule has 0 N–H and O–H groups in total. The number of allylic oxidation sites excluding steroid dienone is 4. The van der Waals surface area contributed by atoms with E-state index >= 15 is 0 Å². The fourth-order valence-electron chi connectivity index (χ4n) is 3.17. The van der Waals surface area contributed by atoms with Crippen molar-refractivity contribution < 1.29 is 51.0 Å². The van der Waals surface area contributed by atoms with Gasteiger partial charge in [-0.1, -0.05) is 97.9 Å². The summed E-state index contributed by atoms with van der Waals surface area (Å²) in [7, 11) is 2.97. The summed E-state index contributed by atoms with van der Waals surface area (Å²) in [5.74, 6) is 1.21. The van der Waals surface area contributed by atoms with Crippen LogP contribution in [0.1, 0.15) is 102 Å². The van der Waals surface area contributed by atoms with Crippen LogP contribution >= 0.6 is 0 Å². The van der Waals surface area contributed by atoms with Crippen LogP contribution < -0.4 is 24.8 Å². The van der Waals surface area contributed by atoms with Gasteiger partial charge < -0.3 is 24.8 Å². The van der Waals surface area contributed by atoms with Gasteiger partial charge in [0.15, 0.2) is 0 Å². The first-order chi connectivity index (χ1) is 13.9. The summed E-state index contributed by atoms with van der Waals surface area (Å²) in [6.07, 6.45) is 15.5. The van der Waals surface area contributed by atoms with Crippen LogP contribution in [0.25, 0.3) is 10.8 Å². The zero-order valence-electron chi connectivity index (χ0n) is 21.5. The number of rotatable bonds is 5. The van der Waals surface area contributed by atoms with Crippen molar-refractivity contribution in [2.75, 3.05) is 0 Å². The van der Waals surface area contributed by atoms with Crippen molar-refractivity contribution in [2.24, 2.45) is 0 Å². The van der Waals surface area contributed by atoms with Gasteiger partial charge >= 0.3 is 26.2 Å². The summed E-state index contributed by atoms with van der Waals surface area (Å²) in [6, 6.07) is 9.35. The van der Waals surface area contributed by atoms with Gasteiger partial charge in [0.05, 0.1) is 0 Å². The third-order valence-corrected chi connectivity index (χ3v) is 4.85. The topological polar surface area (TPSA) is 0 Å². The van der Waals surface area contributed by atoms with E-state index in [0.717, 1.165) is 6.42 Å². The molecule has 0 aromatic heterocycles. The molecule has 0 saturated heterocycles. The van der Waals surface area contributed by atoms with Crippen LogP contribution in [0.4, 0.5) is 0 Å². The second-order valence-corrected chi connectivity index (χ2v) is 8.17. The minimum atomic E-state index is 0. The van der Waals surface area contributed by atoms with E-state index in [1.165, 1.54) is 53.1 Å². The van der Waals surface area contributed by atoms with Crippen LogP contribution in [0.5, 0.6) is 0 Å². The number of aryl methyl sites for hydroxylation is 1. The van der Waals surface area contributed by atoms with E-state index in [1.54, 1.807) is 6.55 Å². The van der Waals surface area contributed by atoms with Crippen LogP contribution in [0.15, 0.2) is 42.5 Å². The van der Waals surface area contributed by atoms with Gasteiger partial charge in [0.2, 0.25) is 0 Å². The van der Waals surface area contributed by atoms with Crippen LogP contribution in [0, 0.1) is 13.0 Å². The first-order valence-electron chi connectivity index (χ1n) is 11.3. The van der Waals surface area contributed by atoms with Crippen molar-refractivity contribution in [3.8, 4) is 0 Å². The van der Waals surface area contributed by atoms with Gasteiger partial charge in [-0.25, -0.2) is 12.2 Å². The maximum Gasteiger partial charge on any atom is 4.00 e. The summed E-state index contributed by atoms with van der Waals surface area (Å²) >= 11 is 0. The summed E-state index contributed by atoms with van der Waals surface area (Å²) in [5, 5.41) is 2.85. The van der Waals surface area contributed by atoms with E-state index in [-0.39, 0.29) is 51.0 Å². The summed E-state index contributed by atoms with van der Waals surface area (Å²) in [4.78, 5) is 0. The molecule has 4 heteroatoms. The van der Waals surface area contributed by atoms with Gasteiger partial charge in [-0.2, -0.15) is 12.1 Å². The van der Waals surface area contributed by atoms with Crippen molar-refractivity contribution in [1.29, 1.82) is 0 Å². The molecule has 32 heavy (non-hydrogen) atoms. The molecule has 0 atom stereocenters. The second-order valence-electron chi connectivity index (χ2n) is 8.17. The molecule has 0 heterocycles. The molecule has 0 saturated carbocycles. The minimum Gasteiger partial charge on any atom is -1.00 e. The van der Waals surface area contributed by atoms with Crippen LogP contribution in [0.3, 0.4) is 0 Å². The molecule has 1 aliphatic carbocycles. The van der Waals surface area contributed by atoms with E-state index in [4.69, 9.17) is 0 Å². The Kier molecular flexibility index (Phi) is 29.6. The van der Waals surface area contributed by atoms with Gasteiger partial charge in [0.1, 0.15) is 0 Å². The van der Waals surface area contributed by atoms with Crippen molar-refractivity contribution in [1.82, 2.24) is 0 Å². The summed E-state index contributed by atoms with van der Waals surface area (Å²) < 4.78 is 0. The molecule has 0 aliphatic heterocycles. The molecular formula is C28H43Cl2SiZr. The monoisotopic (exact) mass is 567 g/mol. The Balaban J connectivity index is -0.000000206. The largest absolute Gasteiger partial charge is 4.00 e. The van der Waals surface area contributed by atoms with Crippen molar-refractivity contribution in [2.45, 2.75) is 99.0 Å². The van der Waals surface area contributed by atoms with E-state index < -0.39 is 0 Å². The molecule has 3 rings (SSSR count). The van der Waals surface area contributed by atoms with E-state index in [9.17, 15) is 0 Å². The molecule has 0 spiro atoms. The number of halogens is 2. The molecule has 2 aromatic rings. The molecule has 177 valence electrons. The Hall–Kier alpha value is -0.01000. The predicted molar refractivity (Wildman–Crippen MR) is 135 cm³/mol. The minimum absolute atomic E-state index is 0. The van der Waals surface area contributed by atoms with Crippen LogP contribution in [0.2, 0.25) is 6.55 Å². The Morgan fingerprint density at radius 1 is 0.938 bits per heavy atom. The third-order valence-electron chi connectivity index (χ3n) is 4.85. The molecule has 0 nitrogen and oxygen atoms in total. The molecule has 0 fully saturated rings. The Morgan fingerprint density at radius 2 is 1.50 bits per heavy atom. The molecule has 1 aliphatic rings. The first kappa shape index (κ1) is 39.2. The van der Waals surface area contributed by atoms with Crippen molar-refractivity contribution in [3.05, 3.63) is 65.3 Å². The van der Waals surface area contributed by atoms with Gasteiger partial charge in [-0.05, 0) is 11.8 Å². The van der Waals surface area contributed by atoms with E-state index in [1.807, 2.05) is 12.2 Å². The number of fused-ring (bicyclic) bond motifs is 1. The van der Waals surface area contributed by atoms with Crippen LogP contribution in [-0.2, 0) is 26.2 Å². The zero-order chi connectivity index (χ0) is 22.2. The Labute approximate surface area is 234 Å². The number of unbranched alkanes of at least 4 members (excludes halogenated alkanes) is 3. The van der Waals surface area contributed by atoms with E-state index in [2.05, 4.69) is 95.1 Å². The number of hydrogen-bond acceptors (Lipinski definition) is 0. The maximum absolute atomic E-state index is 2.99. The van der Waals surface area contributed by atoms with Gasteiger partial charge in [0.25, 0.3) is 0 Å². The normalized spacial score (nSPS) is 10.6. The molecule has 2 aromatic carbocycles. The fraction of sp³-hybridized carbons (Fsp3) is 0.536. The van der Waals surface area contributed by atoms with Gasteiger partial charge in [-0.3, -0.25) is 6.08 Å². The fourth-order valence-corrected chi connectivity index (χ4v) is 3.17. The zero-order valence-corrected chi connectivity index (χ0v) is 26.5. The van der Waals surface area contributed by atoms with Crippen LogP contribution in [-0.4, -0.2) is 10.2 Å². The quantitative estimate of drug-likeness (QED) is 0.295. The van der Waals surface area contributed by atoms with E-state index in [0.29, 0.717) is 11.8 Å². The smallest absolute Gasteiger partial charge is 1.00 e. The first-order valence-corrected chi connectivity index (χ1v) is 12.3.